The van der Waals surface area contributed by atoms with Crippen LogP contribution in [0.2, 0.25) is 0 Å². The predicted molar refractivity (Wildman–Crippen MR) is 52.3 cm³/mol. The van der Waals surface area contributed by atoms with Crippen molar-refractivity contribution in [1.82, 2.24) is 0 Å². The Morgan fingerprint density at radius 2 is 2.08 bits per heavy atom. The number of ether oxygens (including phenoxy) is 1. The van der Waals surface area contributed by atoms with Crippen LogP contribution in [0.4, 0.5) is 0 Å². The Labute approximate surface area is 78.7 Å². The van der Waals surface area contributed by atoms with Gasteiger partial charge in [-0.25, -0.2) is 0 Å². The molecule has 1 aliphatic rings. The topological polar surface area (TPSA) is 35.2 Å². The summed E-state index contributed by atoms with van der Waals surface area (Å²) < 4.78 is 5.66. The lowest BCUT2D eigenvalue weighted by atomic mass is 9.96. The van der Waals surface area contributed by atoms with E-state index in [1.807, 2.05) is 18.2 Å². The van der Waals surface area contributed by atoms with Crippen LogP contribution in [-0.4, -0.2) is 13.2 Å². The van der Waals surface area contributed by atoms with E-state index < -0.39 is 0 Å². The molecule has 0 bridgehead atoms. The molecule has 1 aromatic carbocycles. The third-order valence-corrected chi connectivity index (χ3v) is 2.65. The minimum atomic E-state index is 0.228. The summed E-state index contributed by atoms with van der Waals surface area (Å²) in [5, 5.41) is 0. The highest BCUT2D eigenvalue weighted by Gasteiger charge is 2.27. The summed E-state index contributed by atoms with van der Waals surface area (Å²) in [4.78, 5) is 0. The van der Waals surface area contributed by atoms with Gasteiger partial charge in [0.15, 0.2) is 0 Å². The van der Waals surface area contributed by atoms with Crippen molar-refractivity contribution in [2.75, 3.05) is 13.2 Å². The molecule has 2 N–H and O–H groups in total. The third kappa shape index (κ3) is 1.74. The SMILES string of the molecule is NC[C@@H]1CCO[C@@H]1c1ccccc1. The maximum Gasteiger partial charge on any atom is 0.0865 e. The Kier molecular flexibility index (Phi) is 2.62. The van der Waals surface area contributed by atoms with Gasteiger partial charge in [-0.1, -0.05) is 30.3 Å². The van der Waals surface area contributed by atoms with Crippen LogP contribution in [0.1, 0.15) is 18.1 Å². The van der Waals surface area contributed by atoms with Crippen molar-refractivity contribution in [3.63, 3.8) is 0 Å². The normalized spacial score (nSPS) is 27.8. The summed E-state index contributed by atoms with van der Waals surface area (Å²) in [6, 6.07) is 10.3. The van der Waals surface area contributed by atoms with E-state index in [4.69, 9.17) is 10.5 Å². The zero-order valence-electron chi connectivity index (χ0n) is 7.65. The van der Waals surface area contributed by atoms with E-state index in [0.29, 0.717) is 5.92 Å². The maximum absolute atomic E-state index is 5.68. The fourth-order valence-electron chi connectivity index (χ4n) is 1.89. The van der Waals surface area contributed by atoms with Gasteiger partial charge in [-0.05, 0) is 18.5 Å². The first-order valence-corrected chi connectivity index (χ1v) is 4.78. The summed E-state index contributed by atoms with van der Waals surface area (Å²) in [5.41, 5.74) is 6.94. The van der Waals surface area contributed by atoms with Gasteiger partial charge in [0.1, 0.15) is 0 Å². The van der Waals surface area contributed by atoms with Gasteiger partial charge >= 0.3 is 0 Å². The Hall–Kier alpha value is -0.860. The van der Waals surface area contributed by atoms with Gasteiger partial charge in [0, 0.05) is 12.5 Å². The summed E-state index contributed by atoms with van der Waals surface area (Å²) in [5.74, 6) is 0.502. The van der Waals surface area contributed by atoms with Gasteiger partial charge in [0.25, 0.3) is 0 Å². The van der Waals surface area contributed by atoms with Gasteiger partial charge < -0.3 is 10.5 Å². The molecular weight excluding hydrogens is 162 g/mol. The molecule has 2 heteroatoms. The van der Waals surface area contributed by atoms with Crippen LogP contribution in [0.3, 0.4) is 0 Å². The van der Waals surface area contributed by atoms with Crippen molar-refractivity contribution in [2.24, 2.45) is 11.7 Å². The van der Waals surface area contributed by atoms with E-state index in [9.17, 15) is 0 Å². The van der Waals surface area contributed by atoms with Gasteiger partial charge in [0.2, 0.25) is 0 Å². The molecule has 1 saturated heterocycles. The van der Waals surface area contributed by atoms with Crippen LogP contribution in [0, 0.1) is 5.92 Å². The summed E-state index contributed by atoms with van der Waals surface area (Å²) in [6.45, 7) is 1.57. The van der Waals surface area contributed by atoms with Crippen LogP contribution in [0.5, 0.6) is 0 Å². The average molecular weight is 177 g/mol. The smallest absolute Gasteiger partial charge is 0.0865 e. The molecule has 1 aliphatic heterocycles. The molecule has 0 amide bonds. The van der Waals surface area contributed by atoms with E-state index in [1.165, 1.54) is 5.56 Å². The molecule has 0 spiro atoms. The molecule has 1 heterocycles. The minimum Gasteiger partial charge on any atom is -0.373 e. The molecule has 0 unspecified atom stereocenters. The standard InChI is InChI=1S/C11H15NO/c12-8-10-6-7-13-11(10)9-4-2-1-3-5-9/h1-5,10-11H,6-8,12H2/t10-,11+/m0/s1. The van der Waals surface area contributed by atoms with E-state index in [0.717, 1.165) is 19.6 Å². The van der Waals surface area contributed by atoms with Gasteiger partial charge in [0.05, 0.1) is 6.10 Å². The molecule has 2 nitrogen and oxygen atoms in total. The molecule has 0 radical (unpaired) electrons. The summed E-state index contributed by atoms with van der Waals surface area (Å²) >= 11 is 0. The Balaban J connectivity index is 2.16. The summed E-state index contributed by atoms with van der Waals surface area (Å²) in [7, 11) is 0. The third-order valence-electron chi connectivity index (χ3n) is 2.65. The van der Waals surface area contributed by atoms with Crippen molar-refractivity contribution < 1.29 is 4.74 Å². The fraction of sp³-hybridized carbons (Fsp3) is 0.455. The van der Waals surface area contributed by atoms with Crippen LogP contribution in [-0.2, 0) is 4.74 Å². The fourth-order valence-corrected chi connectivity index (χ4v) is 1.89. The van der Waals surface area contributed by atoms with Gasteiger partial charge in [-0.15, -0.1) is 0 Å². The molecule has 2 atom stereocenters. The Morgan fingerprint density at radius 3 is 2.77 bits per heavy atom. The van der Waals surface area contributed by atoms with Crippen molar-refractivity contribution in [3.8, 4) is 0 Å². The lowest BCUT2D eigenvalue weighted by Crippen LogP contribution is -2.17. The zero-order valence-corrected chi connectivity index (χ0v) is 7.65. The minimum absolute atomic E-state index is 0.228. The molecule has 1 aromatic rings. The first-order chi connectivity index (χ1) is 6.42. The first kappa shape index (κ1) is 8.73. The van der Waals surface area contributed by atoms with Gasteiger partial charge in [-0.2, -0.15) is 0 Å². The number of hydrogen-bond donors (Lipinski definition) is 1. The largest absolute Gasteiger partial charge is 0.373 e. The monoisotopic (exact) mass is 177 g/mol. The lowest BCUT2D eigenvalue weighted by Gasteiger charge is -2.16. The Bertz CT molecular complexity index is 260. The molecule has 0 saturated carbocycles. The Morgan fingerprint density at radius 1 is 1.31 bits per heavy atom. The molecule has 1 fully saturated rings. The van der Waals surface area contributed by atoms with E-state index in [-0.39, 0.29) is 6.10 Å². The number of rotatable bonds is 2. The number of hydrogen-bond acceptors (Lipinski definition) is 2. The quantitative estimate of drug-likeness (QED) is 0.746. The second-order valence-corrected chi connectivity index (χ2v) is 3.49. The van der Waals surface area contributed by atoms with E-state index in [1.54, 1.807) is 0 Å². The predicted octanol–water partition coefficient (Wildman–Crippen LogP) is 1.72. The van der Waals surface area contributed by atoms with Crippen molar-refractivity contribution in [3.05, 3.63) is 35.9 Å². The number of benzene rings is 1. The van der Waals surface area contributed by atoms with Gasteiger partial charge in [-0.3, -0.25) is 0 Å². The molecule has 0 aromatic heterocycles. The van der Waals surface area contributed by atoms with Crippen molar-refractivity contribution in [1.29, 1.82) is 0 Å². The second kappa shape index (κ2) is 3.90. The molecule has 0 aliphatic carbocycles. The van der Waals surface area contributed by atoms with E-state index >= 15 is 0 Å². The maximum atomic E-state index is 5.68. The van der Waals surface area contributed by atoms with Crippen LogP contribution in [0.25, 0.3) is 0 Å². The van der Waals surface area contributed by atoms with Crippen LogP contribution < -0.4 is 5.73 Å². The second-order valence-electron chi connectivity index (χ2n) is 3.49. The van der Waals surface area contributed by atoms with Crippen LogP contribution >= 0.6 is 0 Å². The van der Waals surface area contributed by atoms with Crippen molar-refractivity contribution in [2.45, 2.75) is 12.5 Å². The molecule has 70 valence electrons. The molecular formula is C11H15NO. The highest BCUT2D eigenvalue weighted by Crippen LogP contribution is 2.33. The van der Waals surface area contributed by atoms with Crippen molar-refractivity contribution >= 4 is 0 Å². The molecule has 13 heavy (non-hydrogen) atoms. The average Bonchev–Trinajstić information content (AvgIpc) is 2.67. The lowest BCUT2D eigenvalue weighted by molar-refractivity contribution is 0.0925. The van der Waals surface area contributed by atoms with E-state index in [2.05, 4.69) is 12.1 Å². The molecule has 2 rings (SSSR count). The zero-order chi connectivity index (χ0) is 9.10. The highest BCUT2D eigenvalue weighted by atomic mass is 16.5. The summed E-state index contributed by atoms with van der Waals surface area (Å²) in [6.07, 6.45) is 1.32. The van der Waals surface area contributed by atoms with Crippen LogP contribution in [0.15, 0.2) is 30.3 Å². The highest BCUT2D eigenvalue weighted by molar-refractivity contribution is 5.19. The number of nitrogens with two attached hydrogens (primary N) is 1. The first-order valence-electron chi connectivity index (χ1n) is 4.78.